The molecule has 0 bridgehead atoms. The molecule has 0 saturated heterocycles. The Morgan fingerprint density at radius 1 is 1.19 bits per heavy atom. The average Bonchev–Trinajstić information content (AvgIpc) is 3.11. The summed E-state index contributed by atoms with van der Waals surface area (Å²) in [5.74, 6) is -1.87. The summed E-state index contributed by atoms with van der Waals surface area (Å²) >= 11 is 0. The van der Waals surface area contributed by atoms with Crippen LogP contribution < -0.4 is 11.1 Å². The van der Waals surface area contributed by atoms with Crippen molar-refractivity contribution in [1.82, 2.24) is 14.8 Å². The van der Waals surface area contributed by atoms with Crippen LogP contribution in [0.25, 0.3) is 10.9 Å². The molecule has 0 aliphatic rings. The van der Waals surface area contributed by atoms with Gasteiger partial charge in [0.1, 0.15) is 11.5 Å². The van der Waals surface area contributed by atoms with Gasteiger partial charge in [0, 0.05) is 17.6 Å². The maximum Gasteiger partial charge on any atom is 0.267 e. The minimum atomic E-state index is -0.823. The number of benzene rings is 2. The number of carbonyl (C=O) groups excluding carboxylic acids is 2. The van der Waals surface area contributed by atoms with Gasteiger partial charge in [-0.15, -0.1) is 0 Å². The zero-order valence-electron chi connectivity index (χ0n) is 17.0. The molecule has 8 nitrogen and oxygen atoms in total. The van der Waals surface area contributed by atoms with Gasteiger partial charge in [-0.2, -0.15) is 10.4 Å². The van der Waals surface area contributed by atoms with Gasteiger partial charge < -0.3 is 11.1 Å². The Labute approximate surface area is 182 Å². The third kappa shape index (κ3) is 4.15. The van der Waals surface area contributed by atoms with Crippen molar-refractivity contribution in [2.75, 3.05) is 5.32 Å². The molecule has 0 fully saturated rings. The van der Waals surface area contributed by atoms with E-state index in [2.05, 4.69) is 21.5 Å². The lowest BCUT2D eigenvalue weighted by atomic mass is 10.1. The lowest BCUT2D eigenvalue weighted by Crippen LogP contribution is -2.18. The van der Waals surface area contributed by atoms with Gasteiger partial charge in [0.2, 0.25) is 0 Å². The number of hydrogen-bond donors (Lipinski definition) is 2. The van der Waals surface area contributed by atoms with E-state index in [1.807, 2.05) is 12.1 Å². The first kappa shape index (κ1) is 20.7. The van der Waals surface area contributed by atoms with Gasteiger partial charge in [0.25, 0.3) is 11.8 Å². The summed E-state index contributed by atoms with van der Waals surface area (Å²) in [7, 11) is 0. The first-order valence-corrected chi connectivity index (χ1v) is 9.58. The molecule has 2 heterocycles. The number of primary amides is 1. The van der Waals surface area contributed by atoms with E-state index < -0.39 is 17.6 Å². The number of nitrogens with two attached hydrogens (primary N) is 1. The van der Waals surface area contributed by atoms with Crippen molar-refractivity contribution in [3.05, 3.63) is 88.6 Å². The van der Waals surface area contributed by atoms with Crippen LogP contribution in [0.1, 0.15) is 37.7 Å². The van der Waals surface area contributed by atoms with Crippen molar-refractivity contribution in [1.29, 1.82) is 5.26 Å². The Morgan fingerprint density at radius 3 is 2.62 bits per heavy atom. The van der Waals surface area contributed by atoms with Crippen molar-refractivity contribution in [3.63, 3.8) is 0 Å². The minimum Gasteiger partial charge on any atom is -0.364 e. The summed E-state index contributed by atoms with van der Waals surface area (Å²) in [5.41, 5.74) is 8.06. The van der Waals surface area contributed by atoms with E-state index >= 15 is 0 Å². The summed E-state index contributed by atoms with van der Waals surface area (Å²) in [5, 5.41) is 16.5. The minimum absolute atomic E-state index is 0.138. The van der Waals surface area contributed by atoms with Crippen molar-refractivity contribution in [2.45, 2.75) is 13.5 Å². The Kier molecular flexibility index (Phi) is 5.35. The number of aryl methyl sites for hydroxylation is 1. The summed E-state index contributed by atoms with van der Waals surface area (Å²) in [4.78, 5) is 28.7. The predicted molar refractivity (Wildman–Crippen MR) is 115 cm³/mol. The number of carbonyl (C=O) groups is 2. The third-order valence-corrected chi connectivity index (χ3v) is 4.89. The third-order valence-electron chi connectivity index (χ3n) is 4.89. The van der Waals surface area contributed by atoms with Gasteiger partial charge in [0.05, 0.1) is 40.6 Å². The van der Waals surface area contributed by atoms with Gasteiger partial charge in [-0.3, -0.25) is 14.3 Å². The monoisotopic (exact) mass is 428 g/mol. The van der Waals surface area contributed by atoms with Crippen molar-refractivity contribution in [2.24, 2.45) is 5.73 Å². The maximum absolute atomic E-state index is 13.6. The molecule has 158 valence electrons. The predicted octanol–water partition coefficient (Wildman–Crippen LogP) is 3.15. The molecule has 2 amide bonds. The number of pyridine rings is 1. The SMILES string of the molecule is Cc1nn(Cc2ccc(C#N)cc2)cc1NC(=O)c1cc(C(N)=O)nc2cc(F)ccc12. The van der Waals surface area contributed by atoms with E-state index in [0.717, 1.165) is 11.6 Å². The van der Waals surface area contributed by atoms with Crippen molar-refractivity contribution in [3.8, 4) is 6.07 Å². The number of halogens is 1. The molecular formula is C23H17FN6O2. The fraction of sp³-hybridized carbons (Fsp3) is 0.0870. The number of rotatable bonds is 5. The smallest absolute Gasteiger partial charge is 0.267 e. The quantitative estimate of drug-likeness (QED) is 0.505. The lowest BCUT2D eigenvalue weighted by Gasteiger charge is -2.09. The molecule has 0 radical (unpaired) electrons. The second-order valence-electron chi connectivity index (χ2n) is 7.17. The van der Waals surface area contributed by atoms with E-state index in [1.54, 1.807) is 29.9 Å². The number of amides is 2. The zero-order valence-corrected chi connectivity index (χ0v) is 17.0. The van der Waals surface area contributed by atoms with Crippen LogP contribution >= 0.6 is 0 Å². The fourth-order valence-corrected chi connectivity index (χ4v) is 3.30. The zero-order chi connectivity index (χ0) is 22.8. The van der Waals surface area contributed by atoms with Crippen LogP contribution in [-0.2, 0) is 6.54 Å². The summed E-state index contributed by atoms with van der Waals surface area (Å²) in [6.45, 7) is 2.20. The van der Waals surface area contributed by atoms with Gasteiger partial charge in [-0.25, -0.2) is 9.37 Å². The van der Waals surface area contributed by atoms with E-state index in [0.29, 0.717) is 28.9 Å². The van der Waals surface area contributed by atoms with Crippen LogP contribution in [0.3, 0.4) is 0 Å². The number of nitriles is 1. The number of fused-ring (bicyclic) bond motifs is 1. The van der Waals surface area contributed by atoms with Crippen LogP contribution in [0.4, 0.5) is 10.1 Å². The lowest BCUT2D eigenvalue weighted by molar-refractivity contribution is 0.0996. The molecule has 0 spiro atoms. The molecule has 0 aliphatic heterocycles. The molecule has 32 heavy (non-hydrogen) atoms. The van der Waals surface area contributed by atoms with Crippen LogP contribution in [0.2, 0.25) is 0 Å². The largest absolute Gasteiger partial charge is 0.364 e. The second kappa shape index (κ2) is 8.28. The molecule has 0 saturated carbocycles. The second-order valence-corrected chi connectivity index (χ2v) is 7.17. The first-order valence-electron chi connectivity index (χ1n) is 9.58. The van der Waals surface area contributed by atoms with Crippen LogP contribution in [-0.4, -0.2) is 26.6 Å². The van der Waals surface area contributed by atoms with E-state index in [1.165, 1.54) is 18.2 Å². The van der Waals surface area contributed by atoms with E-state index in [4.69, 9.17) is 11.0 Å². The molecule has 0 aliphatic carbocycles. The van der Waals surface area contributed by atoms with Crippen molar-refractivity contribution >= 4 is 28.4 Å². The van der Waals surface area contributed by atoms with E-state index in [-0.39, 0.29) is 16.8 Å². The summed E-state index contributed by atoms with van der Waals surface area (Å²) < 4.78 is 15.3. The number of anilines is 1. The van der Waals surface area contributed by atoms with Crippen LogP contribution in [0.15, 0.2) is 54.7 Å². The average molecular weight is 428 g/mol. The molecule has 2 aromatic heterocycles. The normalized spacial score (nSPS) is 10.7. The van der Waals surface area contributed by atoms with Crippen LogP contribution in [0.5, 0.6) is 0 Å². The van der Waals surface area contributed by atoms with Gasteiger partial charge in [-0.05, 0) is 42.8 Å². The summed E-state index contributed by atoms with van der Waals surface area (Å²) in [6, 6.07) is 14.3. The number of nitrogens with one attached hydrogen (secondary N) is 1. The highest BCUT2D eigenvalue weighted by atomic mass is 19.1. The summed E-state index contributed by atoms with van der Waals surface area (Å²) in [6.07, 6.45) is 1.68. The highest BCUT2D eigenvalue weighted by Gasteiger charge is 2.18. The van der Waals surface area contributed by atoms with Gasteiger partial charge >= 0.3 is 0 Å². The topological polar surface area (TPSA) is 127 Å². The molecule has 4 rings (SSSR count). The number of aromatic nitrogens is 3. The Morgan fingerprint density at radius 2 is 1.94 bits per heavy atom. The number of nitrogens with zero attached hydrogens (tertiary/aromatic N) is 4. The molecule has 0 atom stereocenters. The molecule has 4 aromatic rings. The Hall–Kier alpha value is -4.58. The highest BCUT2D eigenvalue weighted by molar-refractivity contribution is 6.13. The van der Waals surface area contributed by atoms with Gasteiger partial charge in [-0.1, -0.05) is 12.1 Å². The standard InChI is InChI=1S/C23H17FN6O2/c1-13-21(12-30(29-13)11-15-4-2-14(10-25)3-5-15)28-23(32)18-9-20(22(26)31)27-19-8-16(24)6-7-17(18)19/h2-9,12H,11H2,1H3,(H2,26,31)(H,28,32). The number of hydrogen-bond acceptors (Lipinski definition) is 5. The van der Waals surface area contributed by atoms with Crippen molar-refractivity contribution < 1.29 is 14.0 Å². The molecular weight excluding hydrogens is 411 g/mol. The highest BCUT2D eigenvalue weighted by Crippen LogP contribution is 2.22. The van der Waals surface area contributed by atoms with Crippen LogP contribution in [0, 0.1) is 24.1 Å². The Bertz CT molecular complexity index is 1400. The molecule has 3 N–H and O–H groups in total. The molecule has 0 unspecified atom stereocenters. The van der Waals surface area contributed by atoms with Gasteiger partial charge in [0.15, 0.2) is 0 Å². The Balaban J connectivity index is 1.62. The van der Waals surface area contributed by atoms with E-state index in [9.17, 15) is 14.0 Å². The first-order chi connectivity index (χ1) is 15.3. The maximum atomic E-state index is 13.6. The molecule has 2 aromatic carbocycles. The molecule has 9 heteroatoms. The fourth-order valence-electron chi connectivity index (χ4n) is 3.30.